The molecule has 25 heavy (non-hydrogen) atoms. The maximum atomic E-state index is 10.1. The molecule has 0 aliphatic carbocycles. The zero-order valence-electron chi connectivity index (χ0n) is 12.1. The van der Waals surface area contributed by atoms with Crippen molar-refractivity contribution in [2.45, 2.75) is 15.7 Å². The van der Waals surface area contributed by atoms with Crippen molar-refractivity contribution in [3.05, 3.63) is 34.5 Å². The van der Waals surface area contributed by atoms with Crippen LogP contribution in [-0.4, -0.2) is 49.0 Å². The van der Waals surface area contributed by atoms with E-state index in [9.17, 15) is 14.4 Å². The van der Waals surface area contributed by atoms with Gasteiger partial charge in [0.05, 0.1) is 0 Å². The van der Waals surface area contributed by atoms with E-state index in [1.807, 2.05) is 0 Å². The standard InChI is InChI=1S/3C4H4O2S2.Ru/c3*5-4(6)3-1-2-7-8-3;/h3*1-3H,(H,5,6);. The van der Waals surface area contributed by atoms with E-state index in [0.717, 1.165) is 0 Å². The summed E-state index contributed by atoms with van der Waals surface area (Å²) in [6.07, 6.45) is 5.03. The van der Waals surface area contributed by atoms with Gasteiger partial charge in [-0.15, -0.1) is 0 Å². The van der Waals surface area contributed by atoms with Crippen LogP contribution in [0, 0.1) is 0 Å². The van der Waals surface area contributed by atoms with Crippen LogP contribution in [0.25, 0.3) is 0 Å². The average molecular weight is 546 g/mol. The van der Waals surface area contributed by atoms with Crippen LogP contribution in [0.1, 0.15) is 0 Å². The molecule has 13 heteroatoms. The Hall–Kier alpha value is 0.353. The van der Waals surface area contributed by atoms with Gasteiger partial charge in [-0.25, -0.2) is 0 Å². The van der Waals surface area contributed by atoms with E-state index >= 15 is 0 Å². The van der Waals surface area contributed by atoms with Crippen molar-refractivity contribution < 1.29 is 49.2 Å². The topological polar surface area (TPSA) is 112 Å². The fraction of sp³-hybridized carbons (Fsp3) is 0.250. The monoisotopic (exact) mass is 546 g/mol. The Balaban J connectivity index is 0.000000339. The van der Waals surface area contributed by atoms with Gasteiger partial charge in [-0.1, -0.05) is 83.0 Å². The van der Waals surface area contributed by atoms with Crippen LogP contribution < -0.4 is 0 Å². The molecule has 0 bridgehead atoms. The summed E-state index contributed by atoms with van der Waals surface area (Å²) in [6.45, 7) is 0. The van der Waals surface area contributed by atoms with Crippen LogP contribution in [0.15, 0.2) is 34.5 Å². The minimum absolute atomic E-state index is 0. The number of hydrogen-bond acceptors (Lipinski definition) is 9. The van der Waals surface area contributed by atoms with E-state index in [2.05, 4.69) is 0 Å². The summed E-state index contributed by atoms with van der Waals surface area (Å²) < 4.78 is 0. The molecule has 3 aliphatic rings. The molecule has 0 saturated carbocycles. The van der Waals surface area contributed by atoms with Gasteiger partial charge in [0.1, 0.15) is 15.7 Å². The Kier molecular flexibility index (Phi) is 14.6. The molecule has 3 aliphatic heterocycles. The molecule has 0 aromatic carbocycles. The second kappa shape index (κ2) is 14.4. The van der Waals surface area contributed by atoms with E-state index in [1.165, 1.54) is 64.8 Å². The molecule has 3 heterocycles. The molecule has 0 fully saturated rings. The zero-order valence-corrected chi connectivity index (χ0v) is 18.7. The Morgan fingerprint density at radius 2 is 0.840 bits per heavy atom. The minimum Gasteiger partial charge on any atom is -0.480 e. The molecule has 0 amide bonds. The molecule has 0 radical (unpaired) electrons. The van der Waals surface area contributed by atoms with Gasteiger partial charge in [-0.3, -0.25) is 14.4 Å². The van der Waals surface area contributed by atoms with E-state index in [4.69, 9.17) is 15.3 Å². The summed E-state index contributed by atoms with van der Waals surface area (Å²) >= 11 is 0. The fourth-order valence-corrected chi connectivity index (χ4v) is 6.79. The van der Waals surface area contributed by atoms with Crippen LogP contribution in [0.5, 0.6) is 0 Å². The molecule has 0 saturated heterocycles. The third-order valence-electron chi connectivity index (χ3n) is 2.13. The molecule has 3 atom stereocenters. The summed E-state index contributed by atoms with van der Waals surface area (Å²) in [5, 5.41) is 29.4. The Morgan fingerprint density at radius 3 is 0.920 bits per heavy atom. The van der Waals surface area contributed by atoms with E-state index in [-0.39, 0.29) is 35.2 Å². The van der Waals surface area contributed by atoms with Crippen molar-refractivity contribution in [2.24, 2.45) is 0 Å². The SMILES string of the molecule is O=C(O)C1C=CSS1.O=C(O)C1C=CSS1.O=C(O)C1C=CSS1.[Ru]. The van der Waals surface area contributed by atoms with Gasteiger partial charge in [0.15, 0.2) is 0 Å². The molecule has 6 nitrogen and oxygen atoms in total. The van der Waals surface area contributed by atoms with Crippen molar-refractivity contribution in [3.63, 3.8) is 0 Å². The number of hydrogen-bond donors (Lipinski definition) is 3. The second-order valence-electron chi connectivity index (χ2n) is 3.84. The maximum Gasteiger partial charge on any atom is 0.321 e. The van der Waals surface area contributed by atoms with Crippen LogP contribution in [0.2, 0.25) is 0 Å². The van der Waals surface area contributed by atoms with Crippen molar-refractivity contribution in [1.29, 1.82) is 0 Å². The van der Waals surface area contributed by atoms with Gasteiger partial charge in [0, 0.05) is 19.5 Å². The van der Waals surface area contributed by atoms with Crippen LogP contribution >= 0.6 is 64.8 Å². The number of carboxylic acid groups (broad SMARTS) is 3. The first-order valence-electron chi connectivity index (χ1n) is 6.06. The second-order valence-corrected chi connectivity index (χ2v) is 10.8. The van der Waals surface area contributed by atoms with Crippen LogP contribution in [0.4, 0.5) is 0 Å². The fourth-order valence-electron chi connectivity index (χ4n) is 1.05. The molecule has 3 unspecified atom stereocenters. The summed E-state index contributed by atoms with van der Waals surface area (Å²) in [7, 11) is 8.47. The number of carboxylic acids is 3. The molecule has 140 valence electrons. The molecule has 0 aromatic heterocycles. The molecule has 3 rings (SSSR count). The average Bonchev–Trinajstić information content (AvgIpc) is 3.29. The summed E-state index contributed by atoms with van der Waals surface area (Å²) in [5.41, 5.74) is 0. The minimum atomic E-state index is -0.753. The van der Waals surface area contributed by atoms with Crippen LogP contribution in [-0.2, 0) is 33.9 Å². The molecule has 0 spiro atoms. The van der Waals surface area contributed by atoms with Gasteiger partial charge < -0.3 is 15.3 Å². The molecular formula is C12H12O6RuS6. The van der Waals surface area contributed by atoms with Gasteiger partial charge in [-0.05, 0) is 16.2 Å². The van der Waals surface area contributed by atoms with E-state index < -0.39 is 17.9 Å². The van der Waals surface area contributed by atoms with Crippen molar-refractivity contribution in [2.75, 3.05) is 0 Å². The number of aliphatic carboxylic acids is 3. The largest absolute Gasteiger partial charge is 0.480 e. The maximum absolute atomic E-state index is 10.1. The molecular weight excluding hydrogens is 534 g/mol. The third-order valence-corrected chi connectivity index (χ3v) is 8.84. The Labute approximate surface area is 180 Å². The summed E-state index contributed by atoms with van der Waals surface area (Å²) in [5.74, 6) is -2.26. The van der Waals surface area contributed by atoms with Crippen molar-refractivity contribution in [1.82, 2.24) is 0 Å². The third kappa shape index (κ3) is 10.9. The van der Waals surface area contributed by atoms with Crippen LogP contribution in [0.3, 0.4) is 0 Å². The summed E-state index contributed by atoms with van der Waals surface area (Å²) in [4.78, 5) is 30.3. The van der Waals surface area contributed by atoms with E-state index in [0.29, 0.717) is 0 Å². The Bertz CT molecular complexity index is 478. The quantitative estimate of drug-likeness (QED) is 0.351. The van der Waals surface area contributed by atoms with Crippen molar-refractivity contribution >= 4 is 82.7 Å². The van der Waals surface area contributed by atoms with Gasteiger partial charge in [0.2, 0.25) is 0 Å². The summed E-state index contributed by atoms with van der Waals surface area (Å²) in [6, 6.07) is 0. The molecule has 3 N–H and O–H groups in total. The Morgan fingerprint density at radius 1 is 0.600 bits per heavy atom. The van der Waals surface area contributed by atoms with Gasteiger partial charge >= 0.3 is 17.9 Å². The zero-order chi connectivity index (χ0) is 17.9. The van der Waals surface area contributed by atoms with Gasteiger partial charge in [0.25, 0.3) is 0 Å². The normalized spacial score (nSPS) is 25.2. The first-order chi connectivity index (χ1) is 11.4. The smallest absolute Gasteiger partial charge is 0.321 e. The van der Waals surface area contributed by atoms with Gasteiger partial charge in [-0.2, -0.15) is 0 Å². The first-order valence-corrected chi connectivity index (χ1v) is 12.9. The number of rotatable bonds is 3. The first kappa shape index (κ1) is 25.4. The predicted molar refractivity (Wildman–Crippen MR) is 107 cm³/mol. The van der Waals surface area contributed by atoms with Crippen molar-refractivity contribution in [3.8, 4) is 0 Å². The molecule has 0 aromatic rings. The van der Waals surface area contributed by atoms with E-state index in [1.54, 1.807) is 34.5 Å². The number of carbonyl (C=O) groups is 3. The predicted octanol–water partition coefficient (Wildman–Crippen LogP) is 4.04.